The number of methoxy groups -OCH3 is 1. The maximum Gasteiger partial charge on any atom is 0.246 e. The SMILES string of the molecule is COc1ccc(C)cc1S(=O)(=O)N1CCC[C@H](O)C1. The van der Waals surface area contributed by atoms with E-state index in [2.05, 4.69) is 0 Å². The van der Waals surface area contributed by atoms with E-state index in [1.165, 1.54) is 11.4 Å². The van der Waals surface area contributed by atoms with Crippen molar-refractivity contribution in [3.63, 3.8) is 0 Å². The number of aryl methyl sites for hydroxylation is 1. The fourth-order valence-electron chi connectivity index (χ4n) is 2.26. The number of ether oxygens (including phenoxy) is 1. The molecule has 0 aliphatic carbocycles. The summed E-state index contributed by atoms with van der Waals surface area (Å²) in [4.78, 5) is 0.170. The number of β-amino-alcohol motifs (C(OH)–C–C–N with tert-alkyl or cyclic N) is 1. The highest BCUT2D eigenvalue weighted by atomic mass is 32.2. The third-order valence-corrected chi connectivity index (χ3v) is 5.18. The molecule has 1 aliphatic heterocycles. The molecule has 1 aliphatic rings. The Hall–Kier alpha value is -1.11. The molecule has 1 aromatic carbocycles. The minimum absolute atomic E-state index is 0.152. The second-order valence-corrected chi connectivity index (χ2v) is 6.72. The summed E-state index contributed by atoms with van der Waals surface area (Å²) in [6, 6.07) is 5.07. The molecule has 0 unspecified atom stereocenters. The molecule has 1 saturated heterocycles. The van der Waals surface area contributed by atoms with Crippen LogP contribution in [0, 0.1) is 6.92 Å². The molecule has 0 radical (unpaired) electrons. The summed E-state index contributed by atoms with van der Waals surface area (Å²) in [6.07, 6.45) is 0.741. The van der Waals surface area contributed by atoms with Gasteiger partial charge in [0.05, 0.1) is 13.2 Å². The lowest BCUT2D eigenvalue weighted by Gasteiger charge is -2.29. The Morgan fingerprint density at radius 3 is 2.79 bits per heavy atom. The predicted octanol–water partition coefficient (Wildman–Crippen LogP) is 1.15. The van der Waals surface area contributed by atoms with Gasteiger partial charge in [-0.15, -0.1) is 0 Å². The molecule has 1 N–H and O–H groups in total. The molecular formula is C13H19NO4S. The van der Waals surface area contributed by atoms with Crippen molar-refractivity contribution < 1.29 is 18.3 Å². The number of sulfonamides is 1. The Kier molecular flexibility index (Phi) is 4.13. The number of nitrogens with zero attached hydrogens (tertiary/aromatic N) is 1. The van der Waals surface area contributed by atoms with E-state index in [4.69, 9.17) is 4.74 Å². The lowest BCUT2D eigenvalue weighted by atomic mass is 10.1. The van der Waals surface area contributed by atoms with Gasteiger partial charge in [0.1, 0.15) is 10.6 Å². The Bertz CT molecular complexity index is 556. The van der Waals surface area contributed by atoms with E-state index in [9.17, 15) is 13.5 Å². The molecule has 1 atom stereocenters. The Morgan fingerprint density at radius 2 is 2.16 bits per heavy atom. The van der Waals surface area contributed by atoms with Crippen molar-refractivity contribution >= 4 is 10.0 Å². The third-order valence-electron chi connectivity index (χ3n) is 3.30. The van der Waals surface area contributed by atoms with Gasteiger partial charge in [-0.05, 0) is 37.5 Å². The van der Waals surface area contributed by atoms with Crippen LogP contribution in [0.4, 0.5) is 0 Å². The van der Waals surface area contributed by atoms with Crippen molar-refractivity contribution in [1.82, 2.24) is 4.31 Å². The average molecular weight is 285 g/mol. The van der Waals surface area contributed by atoms with Crippen molar-refractivity contribution in [3.05, 3.63) is 23.8 Å². The van der Waals surface area contributed by atoms with Crippen LogP contribution in [0.3, 0.4) is 0 Å². The smallest absolute Gasteiger partial charge is 0.246 e. The van der Waals surface area contributed by atoms with E-state index in [1.807, 2.05) is 13.0 Å². The van der Waals surface area contributed by atoms with Crippen LogP contribution in [-0.2, 0) is 10.0 Å². The molecule has 19 heavy (non-hydrogen) atoms. The normalized spacial score (nSPS) is 21.3. The molecular weight excluding hydrogens is 266 g/mol. The van der Waals surface area contributed by atoms with Crippen LogP contribution >= 0.6 is 0 Å². The number of aliphatic hydroxyl groups excluding tert-OH is 1. The van der Waals surface area contributed by atoms with Gasteiger partial charge in [-0.25, -0.2) is 8.42 Å². The standard InChI is InChI=1S/C13H19NO4S/c1-10-5-6-12(18-2)13(8-10)19(16,17)14-7-3-4-11(15)9-14/h5-6,8,11,15H,3-4,7,9H2,1-2H3/t11-/m0/s1. The fourth-order valence-corrected chi connectivity index (χ4v) is 4.02. The first-order valence-corrected chi connectivity index (χ1v) is 7.72. The van der Waals surface area contributed by atoms with Gasteiger partial charge in [0.25, 0.3) is 0 Å². The summed E-state index contributed by atoms with van der Waals surface area (Å²) in [5.74, 6) is 0.339. The van der Waals surface area contributed by atoms with Gasteiger partial charge in [0, 0.05) is 13.1 Å². The number of rotatable bonds is 3. The lowest BCUT2D eigenvalue weighted by molar-refractivity contribution is 0.108. The first-order valence-electron chi connectivity index (χ1n) is 6.28. The van der Waals surface area contributed by atoms with E-state index in [-0.39, 0.29) is 11.4 Å². The third kappa shape index (κ3) is 2.91. The zero-order valence-corrected chi connectivity index (χ0v) is 12.0. The Labute approximate surface area is 113 Å². The summed E-state index contributed by atoms with van der Waals surface area (Å²) in [6.45, 7) is 2.43. The van der Waals surface area contributed by atoms with Crippen LogP contribution in [0.25, 0.3) is 0 Å². The van der Waals surface area contributed by atoms with E-state index in [1.54, 1.807) is 12.1 Å². The largest absolute Gasteiger partial charge is 0.495 e. The van der Waals surface area contributed by atoms with Gasteiger partial charge in [0.15, 0.2) is 0 Å². The summed E-state index contributed by atoms with van der Waals surface area (Å²) in [5, 5.41) is 9.63. The van der Waals surface area contributed by atoms with Crippen LogP contribution in [0.2, 0.25) is 0 Å². The molecule has 2 rings (SSSR count). The minimum Gasteiger partial charge on any atom is -0.495 e. The van der Waals surface area contributed by atoms with Gasteiger partial charge in [-0.3, -0.25) is 0 Å². The second-order valence-electron chi connectivity index (χ2n) is 4.81. The molecule has 0 bridgehead atoms. The van der Waals surface area contributed by atoms with Crippen molar-refractivity contribution in [1.29, 1.82) is 0 Å². The summed E-state index contributed by atoms with van der Waals surface area (Å²) in [5.41, 5.74) is 0.858. The van der Waals surface area contributed by atoms with Gasteiger partial charge < -0.3 is 9.84 Å². The summed E-state index contributed by atoms with van der Waals surface area (Å²) >= 11 is 0. The maximum atomic E-state index is 12.6. The number of hydrogen-bond donors (Lipinski definition) is 1. The number of piperidine rings is 1. The lowest BCUT2D eigenvalue weighted by Crippen LogP contribution is -2.42. The van der Waals surface area contributed by atoms with Gasteiger partial charge >= 0.3 is 0 Å². The molecule has 6 heteroatoms. The minimum atomic E-state index is -3.61. The highest BCUT2D eigenvalue weighted by molar-refractivity contribution is 7.89. The van der Waals surface area contributed by atoms with E-state index >= 15 is 0 Å². The van der Waals surface area contributed by atoms with Gasteiger partial charge in [-0.2, -0.15) is 4.31 Å². The van der Waals surface area contributed by atoms with Gasteiger partial charge in [0.2, 0.25) is 10.0 Å². The molecule has 106 valence electrons. The van der Waals surface area contributed by atoms with Crippen molar-refractivity contribution in [3.8, 4) is 5.75 Å². The highest BCUT2D eigenvalue weighted by Gasteiger charge is 2.31. The van der Waals surface area contributed by atoms with E-state index < -0.39 is 16.1 Å². The highest BCUT2D eigenvalue weighted by Crippen LogP contribution is 2.29. The zero-order valence-electron chi connectivity index (χ0n) is 11.2. The van der Waals surface area contributed by atoms with Crippen LogP contribution in [-0.4, -0.2) is 44.1 Å². The predicted molar refractivity (Wildman–Crippen MR) is 71.7 cm³/mol. The molecule has 1 heterocycles. The molecule has 1 aromatic rings. The quantitative estimate of drug-likeness (QED) is 0.904. The Morgan fingerprint density at radius 1 is 1.42 bits per heavy atom. The number of benzene rings is 1. The maximum absolute atomic E-state index is 12.6. The van der Waals surface area contributed by atoms with Gasteiger partial charge in [-0.1, -0.05) is 6.07 Å². The molecule has 5 nitrogen and oxygen atoms in total. The number of hydrogen-bond acceptors (Lipinski definition) is 4. The first kappa shape index (κ1) is 14.3. The molecule has 0 spiro atoms. The van der Waals surface area contributed by atoms with Crippen molar-refractivity contribution in [2.45, 2.75) is 30.8 Å². The average Bonchev–Trinajstić information content (AvgIpc) is 2.38. The van der Waals surface area contributed by atoms with E-state index in [0.717, 1.165) is 5.56 Å². The monoisotopic (exact) mass is 285 g/mol. The van der Waals surface area contributed by atoms with Crippen molar-refractivity contribution in [2.24, 2.45) is 0 Å². The zero-order chi connectivity index (χ0) is 14.0. The van der Waals surface area contributed by atoms with Crippen LogP contribution in [0.1, 0.15) is 18.4 Å². The number of aliphatic hydroxyl groups is 1. The summed E-state index contributed by atoms with van der Waals surface area (Å²) < 4.78 is 31.7. The van der Waals surface area contributed by atoms with Crippen LogP contribution in [0.5, 0.6) is 5.75 Å². The first-order chi connectivity index (χ1) is 8.95. The molecule has 0 aromatic heterocycles. The van der Waals surface area contributed by atoms with Crippen LogP contribution in [0.15, 0.2) is 23.1 Å². The van der Waals surface area contributed by atoms with E-state index in [0.29, 0.717) is 25.1 Å². The van der Waals surface area contributed by atoms with Crippen molar-refractivity contribution in [2.75, 3.05) is 20.2 Å². The van der Waals surface area contributed by atoms with Crippen LogP contribution < -0.4 is 4.74 Å². The molecule has 1 fully saturated rings. The second kappa shape index (κ2) is 5.48. The Balaban J connectivity index is 2.41. The topological polar surface area (TPSA) is 66.8 Å². The summed E-state index contributed by atoms with van der Waals surface area (Å²) in [7, 11) is -2.16. The fraction of sp³-hybridized carbons (Fsp3) is 0.538. The molecule has 0 saturated carbocycles. The molecule has 0 amide bonds.